The highest BCUT2D eigenvalue weighted by Gasteiger charge is 2.17. The quantitative estimate of drug-likeness (QED) is 0.479. The average molecular weight is 414 g/mol. The summed E-state index contributed by atoms with van der Waals surface area (Å²) in [6.07, 6.45) is 6.73. The summed E-state index contributed by atoms with van der Waals surface area (Å²) in [4.78, 5) is 12.5. The zero-order chi connectivity index (χ0) is 20.4. The first-order valence-electron chi connectivity index (χ1n) is 8.41. The Hall–Kier alpha value is -3.44. The van der Waals surface area contributed by atoms with Gasteiger partial charge in [0.1, 0.15) is 11.2 Å². The fourth-order valence-corrected chi connectivity index (χ4v) is 3.01. The van der Waals surface area contributed by atoms with Gasteiger partial charge in [0.15, 0.2) is 11.6 Å². The summed E-state index contributed by atoms with van der Waals surface area (Å²) in [7, 11) is -3.65. The second-order valence-electron chi connectivity index (χ2n) is 6.08. The van der Waals surface area contributed by atoms with E-state index >= 15 is 0 Å². The third-order valence-electron chi connectivity index (χ3n) is 3.94. The summed E-state index contributed by atoms with van der Waals surface area (Å²) >= 11 is 0. The Balaban J connectivity index is 1.85. The van der Waals surface area contributed by atoms with Crippen LogP contribution in [0.25, 0.3) is 17.0 Å². The normalized spacial score (nSPS) is 11.7. The van der Waals surface area contributed by atoms with Crippen LogP contribution in [-0.2, 0) is 20.9 Å². The Morgan fingerprint density at radius 2 is 2.07 bits per heavy atom. The van der Waals surface area contributed by atoms with E-state index in [-0.39, 0.29) is 18.1 Å². The predicted octanol–water partition coefficient (Wildman–Crippen LogP) is 2.55. The zero-order valence-corrected chi connectivity index (χ0v) is 16.0. The van der Waals surface area contributed by atoms with Crippen molar-refractivity contribution >= 4 is 27.1 Å². The van der Waals surface area contributed by atoms with Gasteiger partial charge in [-0.05, 0) is 24.3 Å². The molecule has 4 aromatic heterocycles. The molecule has 0 fully saturated rings. The van der Waals surface area contributed by atoms with Gasteiger partial charge in [0, 0.05) is 24.2 Å². The standard InChI is InChI=1S/C18H15FN6O3S/c1-29(26,27)28-11-12-6-9-25-16(12)18(22-14-5-8-20-10-13(14)19)23-17(24-25)15-4-2-3-7-21-15/h2-10H,11H2,1H3,(H,20,22,23,24). The summed E-state index contributed by atoms with van der Waals surface area (Å²) in [5.41, 5.74) is 1.64. The zero-order valence-electron chi connectivity index (χ0n) is 15.2. The van der Waals surface area contributed by atoms with E-state index in [1.54, 1.807) is 36.7 Å². The SMILES string of the molecule is CS(=O)(=O)OCc1ccn2nc(-c3ccccn3)nc(Nc3ccncc3F)c12. The minimum atomic E-state index is -3.65. The number of nitrogens with one attached hydrogen (secondary N) is 1. The van der Waals surface area contributed by atoms with Crippen molar-refractivity contribution in [2.24, 2.45) is 0 Å². The molecule has 0 unspecified atom stereocenters. The fraction of sp³-hybridized carbons (Fsp3) is 0.111. The molecule has 148 valence electrons. The van der Waals surface area contributed by atoms with E-state index in [0.29, 0.717) is 22.6 Å². The Morgan fingerprint density at radius 3 is 2.79 bits per heavy atom. The van der Waals surface area contributed by atoms with Gasteiger partial charge in [0.25, 0.3) is 10.1 Å². The Morgan fingerprint density at radius 1 is 1.21 bits per heavy atom. The molecule has 0 aliphatic rings. The van der Waals surface area contributed by atoms with E-state index in [0.717, 1.165) is 12.5 Å². The molecule has 1 N–H and O–H groups in total. The van der Waals surface area contributed by atoms with Gasteiger partial charge in [-0.3, -0.25) is 14.2 Å². The highest BCUT2D eigenvalue weighted by molar-refractivity contribution is 7.85. The van der Waals surface area contributed by atoms with Gasteiger partial charge >= 0.3 is 0 Å². The van der Waals surface area contributed by atoms with Crippen LogP contribution in [0.2, 0.25) is 0 Å². The van der Waals surface area contributed by atoms with Crippen LogP contribution in [0.3, 0.4) is 0 Å². The highest BCUT2D eigenvalue weighted by Crippen LogP contribution is 2.27. The third kappa shape index (κ3) is 4.20. The van der Waals surface area contributed by atoms with Gasteiger partial charge in [-0.1, -0.05) is 6.07 Å². The topological polar surface area (TPSA) is 111 Å². The van der Waals surface area contributed by atoms with Crippen LogP contribution in [0.4, 0.5) is 15.9 Å². The second-order valence-corrected chi connectivity index (χ2v) is 7.72. The molecular weight excluding hydrogens is 399 g/mol. The molecular formula is C18H15FN6O3S. The number of nitrogens with zero attached hydrogens (tertiary/aromatic N) is 5. The van der Waals surface area contributed by atoms with E-state index in [4.69, 9.17) is 4.18 Å². The van der Waals surface area contributed by atoms with E-state index in [1.807, 2.05) is 0 Å². The largest absolute Gasteiger partial charge is 0.336 e. The number of hydrogen-bond donors (Lipinski definition) is 1. The van der Waals surface area contributed by atoms with E-state index in [2.05, 4.69) is 25.4 Å². The Labute approximate surface area is 165 Å². The molecule has 0 amide bonds. The van der Waals surface area contributed by atoms with Crippen molar-refractivity contribution in [2.45, 2.75) is 6.61 Å². The molecule has 0 bridgehead atoms. The van der Waals surface area contributed by atoms with Crippen LogP contribution in [0.1, 0.15) is 5.56 Å². The summed E-state index contributed by atoms with van der Waals surface area (Å²) in [6, 6.07) is 8.43. The molecule has 4 heterocycles. The first-order chi connectivity index (χ1) is 13.9. The molecule has 29 heavy (non-hydrogen) atoms. The van der Waals surface area contributed by atoms with Crippen molar-refractivity contribution < 1.29 is 17.0 Å². The second kappa shape index (κ2) is 7.53. The van der Waals surface area contributed by atoms with Crippen molar-refractivity contribution in [3.63, 3.8) is 0 Å². The van der Waals surface area contributed by atoms with Crippen LogP contribution >= 0.6 is 0 Å². The third-order valence-corrected chi connectivity index (χ3v) is 4.49. The summed E-state index contributed by atoms with van der Waals surface area (Å²) < 4.78 is 43.3. The number of aromatic nitrogens is 5. The summed E-state index contributed by atoms with van der Waals surface area (Å²) in [6.45, 7) is -0.213. The number of anilines is 2. The average Bonchev–Trinajstić information content (AvgIpc) is 3.12. The van der Waals surface area contributed by atoms with Crippen molar-refractivity contribution in [2.75, 3.05) is 11.6 Å². The summed E-state index contributed by atoms with van der Waals surface area (Å²) in [5, 5.41) is 7.36. The number of hydrogen-bond acceptors (Lipinski definition) is 8. The molecule has 11 heteroatoms. The molecule has 9 nitrogen and oxygen atoms in total. The molecule has 0 aliphatic heterocycles. The fourth-order valence-electron chi connectivity index (χ4n) is 2.67. The first kappa shape index (κ1) is 18.9. The number of halogens is 1. The van der Waals surface area contributed by atoms with Gasteiger partial charge in [0.2, 0.25) is 5.82 Å². The molecule has 0 saturated heterocycles. The Bertz CT molecular complexity index is 1280. The van der Waals surface area contributed by atoms with Crippen molar-refractivity contribution in [1.82, 2.24) is 24.6 Å². The van der Waals surface area contributed by atoms with Gasteiger partial charge in [-0.25, -0.2) is 13.9 Å². The minimum Gasteiger partial charge on any atom is -0.336 e. The van der Waals surface area contributed by atoms with Crippen LogP contribution in [0.15, 0.2) is 55.1 Å². The monoisotopic (exact) mass is 414 g/mol. The van der Waals surface area contributed by atoms with Gasteiger partial charge < -0.3 is 5.32 Å². The minimum absolute atomic E-state index is 0.156. The maximum absolute atomic E-state index is 14.1. The van der Waals surface area contributed by atoms with Crippen LogP contribution in [0, 0.1) is 5.82 Å². The molecule has 0 spiro atoms. The molecule has 0 atom stereocenters. The lowest BCUT2D eigenvalue weighted by molar-refractivity contribution is 0.313. The molecule has 0 aromatic carbocycles. The van der Waals surface area contributed by atoms with Crippen LogP contribution < -0.4 is 5.32 Å². The van der Waals surface area contributed by atoms with Gasteiger partial charge in [0.05, 0.1) is 24.7 Å². The number of fused-ring (bicyclic) bond motifs is 1. The lowest BCUT2D eigenvalue weighted by Gasteiger charge is -2.11. The maximum Gasteiger partial charge on any atom is 0.264 e. The van der Waals surface area contributed by atoms with Crippen molar-refractivity contribution in [3.05, 3.63) is 66.5 Å². The molecule has 0 aliphatic carbocycles. The smallest absolute Gasteiger partial charge is 0.264 e. The highest BCUT2D eigenvalue weighted by atomic mass is 32.2. The van der Waals surface area contributed by atoms with Crippen molar-refractivity contribution in [1.29, 1.82) is 0 Å². The number of pyridine rings is 2. The maximum atomic E-state index is 14.1. The van der Waals surface area contributed by atoms with E-state index in [9.17, 15) is 12.8 Å². The van der Waals surface area contributed by atoms with Crippen LogP contribution in [0.5, 0.6) is 0 Å². The van der Waals surface area contributed by atoms with Crippen molar-refractivity contribution in [3.8, 4) is 11.5 Å². The van der Waals surface area contributed by atoms with Gasteiger partial charge in [-0.15, -0.1) is 5.10 Å². The molecule has 0 radical (unpaired) electrons. The predicted molar refractivity (Wildman–Crippen MR) is 103 cm³/mol. The lowest BCUT2D eigenvalue weighted by atomic mass is 10.2. The molecule has 4 aromatic rings. The van der Waals surface area contributed by atoms with E-state index in [1.165, 1.54) is 16.8 Å². The first-order valence-corrected chi connectivity index (χ1v) is 10.2. The molecule has 4 rings (SSSR count). The van der Waals surface area contributed by atoms with E-state index < -0.39 is 15.9 Å². The molecule has 0 saturated carbocycles. The van der Waals surface area contributed by atoms with Gasteiger partial charge in [-0.2, -0.15) is 8.42 Å². The number of rotatable bonds is 6. The Kier molecular flexibility index (Phi) is 4.91. The summed E-state index contributed by atoms with van der Waals surface area (Å²) in [5.74, 6) is 0.00763. The lowest BCUT2D eigenvalue weighted by Crippen LogP contribution is -2.07. The van der Waals surface area contributed by atoms with Crippen LogP contribution in [-0.4, -0.2) is 39.2 Å².